The fraction of sp³-hybridized carbons (Fsp3) is 0.500. The van der Waals surface area contributed by atoms with E-state index < -0.39 is 11.4 Å². The van der Waals surface area contributed by atoms with E-state index in [1.54, 1.807) is 19.1 Å². The second-order valence-electron chi connectivity index (χ2n) is 4.62. The van der Waals surface area contributed by atoms with Crippen LogP contribution in [-0.2, 0) is 4.79 Å². The van der Waals surface area contributed by atoms with Crippen molar-refractivity contribution in [3.8, 4) is 0 Å². The van der Waals surface area contributed by atoms with Gasteiger partial charge in [0, 0.05) is 6.04 Å². The third kappa shape index (κ3) is 2.05. The molecule has 1 saturated carbocycles. The average Bonchev–Trinajstić information content (AvgIpc) is 2.89. The monoisotopic (exact) mass is 237 g/mol. The van der Waals surface area contributed by atoms with Crippen molar-refractivity contribution < 1.29 is 19.1 Å². The molecule has 1 aromatic rings. The van der Waals surface area contributed by atoms with Crippen molar-refractivity contribution in [1.82, 2.24) is 5.32 Å². The Morgan fingerprint density at radius 3 is 2.94 bits per heavy atom. The van der Waals surface area contributed by atoms with Crippen LogP contribution < -0.4 is 5.32 Å². The first-order valence-electron chi connectivity index (χ1n) is 5.62. The number of aliphatic carboxylic acids is 1. The van der Waals surface area contributed by atoms with Gasteiger partial charge in [-0.3, -0.25) is 9.59 Å². The molecule has 5 nitrogen and oxygen atoms in total. The summed E-state index contributed by atoms with van der Waals surface area (Å²) in [4.78, 5) is 23.0. The van der Waals surface area contributed by atoms with Crippen LogP contribution in [0.15, 0.2) is 22.8 Å². The van der Waals surface area contributed by atoms with Crippen molar-refractivity contribution in [1.29, 1.82) is 0 Å². The van der Waals surface area contributed by atoms with E-state index in [9.17, 15) is 14.7 Å². The van der Waals surface area contributed by atoms with Crippen LogP contribution >= 0.6 is 0 Å². The highest BCUT2D eigenvalue weighted by molar-refractivity contribution is 5.92. The summed E-state index contributed by atoms with van der Waals surface area (Å²) in [7, 11) is 0. The summed E-state index contributed by atoms with van der Waals surface area (Å²) in [6, 6.07) is 2.85. The summed E-state index contributed by atoms with van der Waals surface area (Å²) in [6.45, 7) is 1.68. The van der Waals surface area contributed by atoms with E-state index >= 15 is 0 Å². The molecule has 0 radical (unpaired) electrons. The van der Waals surface area contributed by atoms with Crippen LogP contribution in [0.25, 0.3) is 0 Å². The third-order valence-electron chi connectivity index (χ3n) is 3.50. The summed E-state index contributed by atoms with van der Waals surface area (Å²) in [5.74, 6) is -1.00. The van der Waals surface area contributed by atoms with Gasteiger partial charge in [0.15, 0.2) is 5.76 Å². The number of hydrogen-bond acceptors (Lipinski definition) is 3. The molecular weight excluding hydrogens is 222 g/mol. The molecule has 5 heteroatoms. The predicted molar refractivity (Wildman–Crippen MR) is 59.6 cm³/mol. The molecule has 2 N–H and O–H groups in total. The predicted octanol–water partition coefficient (Wildman–Crippen LogP) is 1.65. The van der Waals surface area contributed by atoms with Gasteiger partial charge in [-0.25, -0.2) is 0 Å². The van der Waals surface area contributed by atoms with E-state index in [2.05, 4.69) is 5.32 Å². The molecule has 2 rings (SSSR count). The smallest absolute Gasteiger partial charge is 0.311 e. The molecule has 0 saturated heterocycles. The van der Waals surface area contributed by atoms with Gasteiger partial charge in [-0.05, 0) is 31.9 Å². The molecule has 0 spiro atoms. The van der Waals surface area contributed by atoms with E-state index in [1.807, 2.05) is 0 Å². The lowest BCUT2D eigenvalue weighted by molar-refractivity contribution is -0.148. The number of nitrogens with one attached hydrogen (secondary N) is 1. The van der Waals surface area contributed by atoms with Gasteiger partial charge >= 0.3 is 5.97 Å². The minimum absolute atomic E-state index is 0.213. The topological polar surface area (TPSA) is 79.5 Å². The van der Waals surface area contributed by atoms with Crippen LogP contribution in [0.4, 0.5) is 0 Å². The number of hydrogen-bond donors (Lipinski definition) is 2. The summed E-state index contributed by atoms with van der Waals surface area (Å²) < 4.78 is 4.97. The number of carboxylic acids is 1. The molecular formula is C12H15NO4. The maximum atomic E-state index is 11.8. The highest BCUT2D eigenvalue weighted by Gasteiger charge is 2.46. The van der Waals surface area contributed by atoms with Gasteiger partial charge in [0.05, 0.1) is 11.7 Å². The first kappa shape index (κ1) is 11.7. The zero-order valence-electron chi connectivity index (χ0n) is 9.60. The van der Waals surface area contributed by atoms with E-state index in [0.29, 0.717) is 12.8 Å². The van der Waals surface area contributed by atoms with Crippen LogP contribution in [0.1, 0.15) is 36.7 Å². The Morgan fingerprint density at radius 2 is 2.35 bits per heavy atom. The molecule has 92 valence electrons. The Kier molecular flexibility index (Phi) is 2.92. The van der Waals surface area contributed by atoms with E-state index in [-0.39, 0.29) is 17.7 Å². The number of carbonyl (C=O) groups is 2. The fourth-order valence-electron chi connectivity index (χ4n) is 2.29. The molecule has 0 bridgehead atoms. The molecule has 1 aliphatic carbocycles. The highest BCUT2D eigenvalue weighted by Crippen LogP contribution is 2.38. The molecule has 2 unspecified atom stereocenters. The maximum absolute atomic E-state index is 11.8. The molecule has 1 heterocycles. The Balaban J connectivity index is 2.09. The second-order valence-corrected chi connectivity index (χ2v) is 4.62. The zero-order valence-corrected chi connectivity index (χ0v) is 9.60. The molecule has 1 fully saturated rings. The summed E-state index contributed by atoms with van der Waals surface area (Å²) in [5.41, 5.74) is -0.873. The lowest BCUT2D eigenvalue weighted by atomic mass is 9.85. The van der Waals surface area contributed by atoms with Crippen molar-refractivity contribution in [2.24, 2.45) is 5.41 Å². The van der Waals surface area contributed by atoms with Crippen LogP contribution in [0.3, 0.4) is 0 Å². The minimum Gasteiger partial charge on any atom is -0.481 e. The normalized spacial score (nSPS) is 27.9. The number of carbonyl (C=O) groups excluding carboxylic acids is 1. The number of furan rings is 1. The highest BCUT2D eigenvalue weighted by atomic mass is 16.4. The first-order valence-corrected chi connectivity index (χ1v) is 5.62. The largest absolute Gasteiger partial charge is 0.481 e. The van der Waals surface area contributed by atoms with Gasteiger partial charge in [0.2, 0.25) is 0 Å². The van der Waals surface area contributed by atoms with Crippen molar-refractivity contribution >= 4 is 11.9 Å². The van der Waals surface area contributed by atoms with Crippen molar-refractivity contribution in [3.05, 3.63) is 24.2 Å². The van der Waals surface area contributed by atoms with Gasteiger partial charge in [-0.15, -0.1) is 0 Å². The van der Waals surface area contributed by atoms with Gasteiger partial charge in [-0.1, -0.05) is 6.42 Å². The summed E-state index contributed by atoms with van der Waals surface area (Å²) in [6.07, 6.45) is 3.51. The van der Waals surface area contributed by atoms with E-state index in [0.717, 1.165) is 6.42 Å². The zero-order chi connectivity index (χ0) is 12.5. The van der Waals surface area contributed by atoms with Crippen LogP contribution in [0.5, 0.6) is 0 Å². The number of rotatable bonds is 3. The van der Waals surface area contributed by atoms with Gasteiger partial charge in [0.25, 0.3) is 5.91 Å². The number of amides is 1. The van der Waals surface area contributed by atoms with Crippen molar-refractivity contribution in [2.75, 3.05) is 0 Å². The second kappa shape index (κ2) is 4.24. The summed E-state index contributed by atoms with van der Waals surface area (Å²) >= 11 is 0. The standard InChI is InChI=1S/C12H15NO4/c1-12(11(15)16)6-2-5-9(12)13-10(14)8-4-3-7-17-8/h3-4,7,9H,2,5-6H2,1H3,(H,13,14)(H,15,16). The first-order chi connectivity index (χ1) is 8.04. The van der Waals surface area contributed by atoms with Gasteiger partial charge < -0.3 is 14.8 Å². The molecule has 0 aromatic carbocycles. The Bertz CT molecular complexity index is 426. The maximum Gasteiger partial charge on any atom is 0.311 e. The minimum atomic E-state index is -0.873. The third-order valence-corrected chi connectivity index (χ3v) is 3.50. The van der Waals surface area contributed by atoms with Gasteiger partial charge in [0.1, 0.15) is 0 Å². The fourth-order valence-corrected chi connectivity index (χ4v) is 2.29. The molecule has 1 aromatic heterocycles. The van der Waals surface area contributed by atoms with Crippen molar-refractivity contribution in [3.63, 3.8) is 0 Å². The van der Waals surface area contributed by atoms with Gasteiger partial charge in [-0.2, -0.15) is 0 Å². The quantitative estimate of drug-likeness (QED) is 0.837. The lowest BCUT2D eigenvalue weighted by Gasteiger charge is -2.27. The van der Waals surface area contributed by atoms with Crippen LogP contribution in [0.2, 0.25) is 0 Å². The van der Waals surface area contributed by atoms with Crippen LogP contribution in [-0.4, -0.2) is 23.0 Å². The Morgan fingerprint density at radius 1 is 1.59 bits per heavy atom. The Hall–Kier alpha value is -1.78. The molecule has 0 aliphatic heterocycles. The Labute approximate surface area is 98.8 Å². The van der Waals surface area contributed by atoms with Crippen LogP contribution in [0, 0.1) is 5.41 Å². The molecule has 2 atom stereocenters. The van der Waals surface area contributed by atoms with E-state index in [4.69, 9.17) is 4.42 Å². The molecule has 1 aliphatic rings. The molecule has 17 heavy (non-hydrogen) atoms. The van der Waals surface area contributed by atoms with E-state index in [1.165, 1.54) is 6.26 Å². The molecule has 1 amide bonds. The summed E-state index contributed by atoms with van der Waals surface area (Å²) in [5, 5.41) is 12.0. The average molecular weight is 237 g/mol. The number of carboxylic acid groups (broad SMARTS) is 1. The SMILES string of the molecule is CC1(C(=O)O)CCCC1NC(=O)c1ccco1. The van der Waals surface area contributed by atoms with Crippen molar-refractivity contribution in [2.45, 2.75) is 32.2 Å². The lowest BCUT2D eigenvalue weighted by Crippen LogP contribution is -2.46.